The molecule has 20 heavy (non-hydrogen) atoms. The molecule has 1 aliphatic carbocycles. The average molecular weight is 272 g/mol. The van der Waals surface area contributed by atoms with Gasteiger partial charge in [-0.05, 0) is 31.2 Å². The number of aromatic nitrogens is 2. The van der Waals surface area contributed by atoms with E-state index in [0.29, 0.717) is 0 Å². The summed E-state index contributed by atoms with van der Waals surface area (Å²) in [5.41, 5.74) is 2.16. The molecule has 1 fully saturated rings. The van der Waals surface area contributed by atoms with Gasteiger partial charge in [0.05, 0.1) is 17.1 Å². The zero-order chi connectivity index (χ0) is 14.1. The highest BCUT2D eigenvalue weighted by Crippen LogP contribution is 2.34. The summed E-state index contributed by atoms with van der Waals surface area (Å²) in [4.78, 5) is 11.4. The van der Waals surface area contributed by atoms with Crippen molar-refractivity contribution in [1.29, 1.82) is 0 Å². The first-order valence-electron chi connectivity index (χ1n) is 7.30. The van der Waals surface area contributed by atoms with Crippen molar-refractivity contribution in [2.75, 3.05) is 0 Å². The lowest BCUT2D eigenvalue weighted by Crippen LogP contribution is -2.28. The van der Waals surface area contributed by atoms with Gasteiger partial charge in [-0.2, -0.15) is 5.10 Å². The average Bonchev–Trinajstić information content (AvgIpc) is 2.76. The summed E-state index contributed by atoms with van der Waals surface area (Å²) in [7, 11) is 1.95. The lowest BCUT2D eigenvalue weighted by molar-refractivity contribution is -0.144. The van der Waals surface area contributed by atoms with E-state index in [-0.39, 0.29) is 11.8 Å². The maximum absolute atomic E-state index is 11.4. The molecule has 0 spiro atoms. The second-order valence-electron chi connectivity index (χ2n) is 5.78. The molecule has 0 radical (unpaired) electrons. The van der Waals surface area contributed by atoms with Crippen LogP contribution in [0.3, 0.4) is 0 Å². The van der Waals surface area contributed by atoms with Gasteiger partial charge in [0.25, 0.3) is 0 Å². The molecule has 1 heterocycles. The molecule has 4 heteroatoms. The van der Waals surface area contributed by atoms with E-state index in [4.69, 9.17) is 0 Å². The van der Waals surface area contributed by atoms with E-state index in [1.807, 2.05) is 23.9 Å². The van der Waals surface area contributed by atoms with Crippen LogP contribution < -0.4 is 0 Å². The van der Waals surface area contributed by atoms with Crippen molar-refractivity contribution in [3.63, 3.8) is 0 Å². The monoisotopic (exact) mass is 272 g/mol. The van der Waals surface area contributed by atoms with Crippen molar-refractivity contribution in [3.05, 3.63) is 30.0 Å². The molecule has 106 valence electrons. The van der Waals surface area contributed by atoms with Gasteiger partial charge in [0.1, 0.15) is 0 Å². The summed E-state index contributed by atoms with van der Waals surface area (Å²) in [5, 5.41) is 15.1. The molecule has 2 aromatic rings. The topological polar surface area (TPSA) is 55.1 Å². The van der Waals surface area contributed by atoms with Crippen LogP contribution in [0.5, 0.6) is 0 Å². The number of carboxylic acid groups (broad SMARTS) is 1. The molecule has 1 aromatic heterocycles. The first kappa shape index (κ1) is 13.2. The van der Waals surface area contributed by atoms with Crippen LogP contribution >= 0.6 is 0 Å². The van der Waals surface area contributed by atoms with Crippen LogP contribution in [-0.2, 0) is 18.3 Å². The zero-order valence-corrected chi connectivity index (χ0v) is 11.7. The number of hydrogen-bond acceptors (Lipinski definition) is 2. The van der Waals surface area contributed by atoms with Gasteiger partial charge >= 0.3 is 5.97 Å². The Morgan fingerprint density at radius 3 is 2.90 bits per heavy atom. The number of aliphatic carboxylic acids is 1. The molecule has 0 amide bonds. The molecule has 0 aliphatic heterocycles. The first-order valence-corrected chi connectivity index (χ1v) is 7.30. The fourth-order valence-electron chi connectivity index (χ4n) is 3.46. The summed E-state index contributed by atoms with van der Waals surface area (Å²) in [5.74, 6) is -0.626. The Morgan fingerprint density at radius 1 is 1.35 bits per heavy atom. The summed E-state index contributed by atoms with van der Waals surface area (Å²) >= 11 is 0. The Hall–Kier alpha value is -1.84. The van der Waals surface area contributed by atoms with E-state index < -0.39 is 5.97 Å². The summed E-state index contributed by atoms with van der Waals surface area (Å²) < 4.78 is 1.89. The molecule has 2 atom stereocenters. The van der Waals surface area contributed by atoms with E-state index in [0.717, 1.165) is 48.7 Å². The predicted molar refractivity (Wildman–Crippen MR) is 77.5 cm³/mol. The fraction of sp³-hybridized carbons (Fsp3) is 0.500. The van der Waals surface area contributed by atoms with Gasteiger partial charge in [-0.1, -0.05) is 31.0 Å². The van der Waals surface area contributed by atoms with Crippen LogP contribution in [0.25, 0.3) is 10.9 Å². The fourth-order valence-corrected chi connectivity index (χ4v) is 3.46. The van der Waals surface area contributed by atoms with E-state index in [1.54, 1.807) is 0 Å². The summed E-state index contributed by atoms with van der Waals surface area (Å²) in [6.07, 6.45) is 4.76. The normalized spacial score (nSPS) is 23.1. The maximum Gasteiger partial charge on any atom is 0.306 e. The molecule has 1 saturated carbocycles. The minimum absolute atomic E-state index is 0.204. The number of para-hydroxylation sites is 1. The van der Waals surface area contributed by atoms with Crippen molar-refractivity contribution in [3.8, 4) is 0 Å². The number of hydrogen-bond donors (Lipinski definition) is 1. The second-order valence-corrected chi connectivity index (χ2v) is 5.78. The molecule has 4 nitrogen and oxygen atoms in total. The third kappa shape index (κ3) is 2.30. The van der Waals surface area contributed by atoms with Crippen LogP contribution in [-0.4, -0.2) is 20.9 Å². The largest absolute Gasteiger partial charge is 0.481 e. The van der Waals surface area contributed by atoms with Crippen LogP contribution in [0, 0.1) is 11.8 Å². The molecular weight excluding hydrogens is 252 g/mol. The van der Waals surface area contributed by atoms with Gasteiger partial charge in [-0.15, -0.1) is 0 Å². The Balaban J connectivity index is 1.90. The lowest BCUT2D eigenvalue weighted by atomic mass is 9.77. The Labute approximate surface area is 118 Å². The summed E-state index contributed by atoms with van der Waals surface area (Å²) in [6.45, 7) is 0. The van der Waals surface area contributed by atoms with Crippen LogP contribution in [0.4, 0.5) is 0 Å². The Morgan fingerprint density at radius 2 is 2.10 bits per heavy atom. The maximum atomic E-state index is 11.4. The third-order valence-corrected chi connectivity index (χ3v) is 4.52. The van der Waals surface area contributed by atoms with Gasteiger partial charge in [0.2, 0.25) is 0 Å². The number of benzene rings is 1. The van der Waals surface area contributed by atoms with Crippen molar-refractivity contribution in [2.45, 2.75) is 32.1 Å². The van der Waals surface area contributed by atoms with Crippen LogP contribution in [0.1, 0.15) is 31.4 Å². The molecule has 3 rings (SSSR count). The molecule has 1 N–H and O–H groups in total. The molecule has 2 unspecified atom stereocenters. The highest BCUT2D eigenvalue weighted by atomic mass is 16.4. The molecule has 0 saturated heterocycles. The number of carboxylic acids is 1. The minimum Gasteiger partial charge on any atom is -0.481 e. The van der Waals surface area contributed by atoms with E-state index in [1.165, 1.54) is 0 Å². The SMILES string of the molecule is Cn1nc(CC2CCCCC2C(=O)O)c2ccccc21. The Bertz CT molecular complexity index is 632. The lowest BCUT2D eigenvalue weighted by Gasteiger charge is -2.27. The third-order valence-electron chi connectivity index (χ3n) is 4.52. The summed E-state index contributed by atoms with van der Waals surface area (Å²) in [6, 6.07) is 8.16. The van der Waals surface area contributed by atoms with Gasteiger partial charge in [-0.3, -0.25) is 9.48 Å². The van der Waals surface area contributed by atoms with Gasteiger partial charge < -0.3 is 5.11 Å². The standard InChI is InChI=1S/C16H20N2O2/c1-18-15-9-5-4-8-13(15)14(17-18)10-11-6-2-3-7-12(11)16(19)20/h4-5,8-9,11-12H,2-3,6-7,10H2,1H3,(H,19,20). The van der Waals surface area contributed by atoms with Gasteiger partial charge in [0.15, 0.2) is 0 Å². The van der Waals surface area contributed by atoms with Crippen molar-refractivity contribution < 1.29 is 9.90 Å². The number of nitrogens with zero attached hydrogens (tertiary/aromatic N) is 2. The van der Waals surface area contributed by atoms with Crippen LogP contribution in [0.2, 0.25) is 0 Å². The van der Waals surface area contributed by atoms with E-state index in [9.17, 15) is 9.90 Å². The van der Waals surface area contributed by atoms with Gasteiger partial charge in [-0.25, -0.2) is 0 Å². The number of aryl methyl sites for hydroxylation is 1. The van der Waals surface area contributed by atoms with Crippen LogP contribution in [0.15, 0.2) is 24.3 Å². The second kappa shape index (κ2) is 5.27. The van der Waals surface area contributed by atoms with Gasteiger partial charge in [0, 0.05) is 12.4 Å². The van der Waals surface area contributed by atoms with Crippen molar-refractivity contribution in [2.24, 2.45) is 18.9 Å². The highest BCUT2D eigenvalue weighted by molar-refractivity contribution is 5.82. The number of fused-ring (bicyclic) bond motifs is 1. The number of carbonyl (C=O) groups is 1. The number of rotatable bonds is 3. The minimum atomic E-state index is -0.644. The molecule has 1 aliphatic rings. The quantitative estimate of drug-likeness (QED) is 0.934. The smallest absolute Gasteiger partial charge is 0.306 e. The zero-order valence-electron chi connectivity index (χ0n) is 11.7. The molecular formula is C16H20N2O2. The van der Waals surface area contributed by atoms with E-state index in [2.05, 4.69) is 17.2 Å². The van der Waals surface area contributed by atoms with Crippen molar-refractivity contribution in [1.82, 2.24) is 9.78 Å². The highest BCUT2D eigenvalue weighted by Gasteiger charge is 2.31. The van der Waals surface area contributed by atoms with E-state index >= 15 is 0 Å². The predicted octanol–water partition coefficient (Wildman–Crippen LogP) is 3.01. The molecule has 1 aromatic carbocycles. The first-order chi connectivity index (χ1) is 9.66. The van der Waals surface area contributed by atoms with Crippen molar-refractivity contribution >= 4 is 16.9 Å². The Kier molecular flexibility index (Phi) is 3.47. The molecule has 0 bridgehead atoms.